The molecular weight excluding hydrogens is 186 g/mol. The van der Waals surface area contributed by atoms with Gasteiger partial charge in [0.2, 0.25) is 0 Å². The van der Waals surface area contributed by atoms with Crippen LogP contribution in [0.25, 0.3) is 0 Å². The van der Waals surface area contributed by atoms with Crippen molar-refractivity contribution in [1.82, 2.24) is 4.90 Å². The predicted octanol–water partition coefficient (Wildman–Crippen LogP) is 2.24. The van der Waals surface area contributed by atoms with Crippen LogP contribution in [0.1, 0.15) is 5.56 Å². The number of ether oxygens (including phenoxy) is 1. The summed E-state index contributed by atoms with van der Waals surface area (Å²) in [6, 6.07) is 8.56. The standard InChI is InChI=1S/C13H17NO/c1-11-6-3-4-8-13(11)15-10-12-7-5-9-14(12)2/h3-8,12H,9-10H2,1-2H3. The molecule has 1 aliphatic rings. The molecule has 0 saturated carbocycles. The summed E-state index contributed by atoms with van der Waals surface area (Å²) in [6.45, 7) is 3.84. The van der Waals surface area contributed by atoms with Crippen molar-refractivity contribution in [3.8, 4) is 5.75 Å². The molecule has 0 spiro atoms. The lowest BCUT2D eigenvalue weighted by molar-refractivity contribution is 0.214. The number of hydrogen-bond donors (Lipinski definition) is 0. The molecule has 1 unspecified atom stereocenters. The largest absolute Gasteiger partial charge is 0.491 e. The van der Waals surface area contributed by atoms with Crippen molar-refractivity contribution >= 4 is 0 Å². The van der Waals surface area contributed by atoms with Crippen molar-refractivity contribution < 1.29 is 4.74 Å². The zero-order valence-electron chi connectivity index (χ0n) is 9.31. The van der Waals surface area contributed by atoms with Gasteiger partial charge in [0.25, 0.3) is 0 Å². The lowest BCUT2D eigenvalue weighted by Gasteiger charge is -2.19. The monoisotopic (exact) mass is 203 g/mol. The first-order valence-corrected chi connectivity index (χ1v) is 5.32. The van der Waals surface area contributed by atoms with Crippen molar-refractivity contribution in [2.24, 2.45) is 0 Å². The lowest BCUT2D eigenvalue weighted by Crippen LogP contribution is -2.31. The highest BCUT2D eigenvalue weighted by Crippen LogP contribution is 2.17. The molecular formula is C13H17NO. The molecule has 0 fully saturated rings. The number of para-hydroxylation sites is 1. The van der Waals surface area contributed by atoms with Gasteiger partial charge in [0.05, 0.1) is 6.04 Å². The van der Waals surface area contributed by atoms with Crippen LogP contribution < -0.4 is 4.74 Å². The summed E-state index contributed by atoms with van der Waals surface area (Å²) in [5, 5.41) is 0. The lowest BCUT2D eigenvalue weighted by atomic mass is 10.2. The smallest absolute Gasteiger partial charge is 0.122 e. The molecule has 1 aromatic carbocycles. The summed E-state index contributed by atoms with van der Waals surface area (Å²) in [5.74, 6) is 0.992. The van der Waals surface area contributed by atoms with Crippen LogP contribution in [0.2, 0.25) is 0 Å². The molecule has 80 valence electrons. The SMILES string of the molecule is Cc1ccccc1OCC1C=CCN1C. The summed E-state index contributed by atoms with van der Waals surface area (Å²) in [6.07, 6.45) is 4.39. The van der Waals surface area contributed by atoms with Gasteiger partial charge in [-0.1, -0.05) is 30.4 Å². The van der Waals surface area contributed by atoms with E-state index < -0.39 is 0 Å². The fraction of sp³-hybridized carbons (Fsp3) is 0.385. The molecule has 1 heterocycles. The first-order chi connectivity index (χ1) is 7.27. The molecule has 15 heavy (non-hydrogen) atoms. The number of hydrogen-bond acceptors (Lipinski definition) is 2. The van der Waals surface area contributed by atoms with Gasteiger partial charge in [0.15, 0.2) is 0 Å². The molecule has 2 rings (SSSR count). The Morgan fingerprint density at radius 2 is 2.20 bits per heavy atom. The van der Waals surface area contributed by atoms with Crippen LogP contribution in [-0.4, -0.2) is 31.1 Å². The third-order valence-corrected chi connectivity index (χ3v) is 2.82. The van der Waals surface area contributed by atoms with Gasteiger partial charge in [-0.25, -0.2) is 0 Å². The Bertz CT molecular complexity index is 359. The minimum Gasteiger partial charge on any atom is -0.491 e. The third kappa shape index (κ3) is 2.39. The summed E-state index contributed by atoms with van der Waals surface area (Å²) >= 11 is 0. The second-order valence-electron chi connectivity index (χ2n) is 4.01. The molecule has 1 aromatic rings. The maximum Gasteiger partial charge on any atom is 0.122 e. The Morgan fingerprint density at radius 3 is 2.87 bits per heavy atom. The minimum absolute atomic E-state index is 0.421. The summed E-state index contributed by atoms with van der Waals surface area (Å²) in [7, 11) is 2.12. The topological polar surface area (TPSA) is 12.5 Å². The van der Waals surface area contributed by atoms with E-state index in [0.29, 0.717) is 6.04 Å². The van der Waals surface area contributed by atoms with E-state index in [4.69, 9.17) is 4.74 Å². The average Bonchev–Trinajstić information content (AvgIpc) is 2.63. The summed E-state index contributed by atoms with van der Waals surface area (Å²) in [5.41, 5.74) is 1.20. The van der Waals surface area contributed by atoms with Crippen LogP contribution in [0, 0.1) is 6.92 Å². The Hall–Kier alpha value is -1.28. The third-order valence-electron chi connectivity index (χ3n) is 2.82. The van der Waals surface area contributed by atoms with E-state index in [1.165, 1.54) is 5.56 Å². The number of aryl methyl sites for hydroxylation is 1. The summed E-state index contributed by atoms with van der Waals surface area (Å²) < 4.78 is 5.80. The van der Waals surface area contributed by atoms with Gasteiger partial charge in [-0.15, -0.1) is 0 Å². The normalized spacial score (nSPS) is 20.8. The van der Waals surface area contributed by atoms with Crippen molar-refractivity contribution in [3.05, 3.63) is 42.0 Å². The zero-order chi connectivity index (χ0) is 10.7. The van der Waals surface area contributed by atoms with Gasteiger partial charge >= 0.3 is 0 Å². The van der Waals surface area contributed by atoms with E-state index in [2.05, 4.69) is 37.1 Å². The van der Waals surface area contributed by atoms with Crippen molar-refractivity contribution in [3.63, 3.8) is 0 Å². The van der Waals surface area contributed by atoms with Gasteiger partial charge in [-0.2, -0.15) is 0 Å². The molecule has 2 heteroatoms. The molecule has 0 bridgehead atoms. The van der Waals surface area contributed by atoms with Crippen LogP contribution in [0.3, 0.4) is 0 Å². The molecule has 0 amide bonds. The van der Waals surface area contributed by atoms with Gasteiger partial charge in [-0.3, -0.25) is 4.90 Å². The van der Waals surface area contributed by atoms with E-state index >= 15 is 0 Å². The molecule has 0 N–H and O–H groups in total. The van der Waals surface area contributed by atoms with Crippen molar-refractivity contribution in [2.75, 3.05) is 20.2 Å². The van der Waals surface area contributed by atoms with Crippen LogP contribution in [0.4, 0.5) is 0 Å². The fourth-order valence-electron chi connectivity index (χ4n) is 1.74. The molecule has 1 atom stereocenters. The molecule has 0 aromatic heterocycles. The number of rotatable bonds is 3. The second-order valence-corrected chi connectivity index (χ2v) is 4.01. The van der Waals surface area contributed by atoms with E-state index in [1.54, 1.807) is 0 Å². The molecule has 0 saturated heterocycles. The van der Waals surface area contributed by atoms with Gasteiger partial charge < -0.3 is 4.74 Å². The Balaban J connectivity index is 1.93. The highest BCUT2D eigenvalue weighted by molar-refractivity contribution is 5.31. The molecule has 1 aliphatic heterocycles. The highest BCUT2D eigenvalue weighted by Gasteiger charge is 2.15. The molecule has 0 aliphatic carbocycles. The quantitative estimate of drug-likeness (QED) is 0.699. The van der Waals surface area contributed by atoms with E-state index in [9.17, 15) is 0 Å². The van der Waals surface area contributed by atoms with Crippen molar-refractivity contribution in [2.45, 2.75) is 13.0 Å². The number of likely N-dealkylation sites (N-methyl/N-ethyl adjacent to an activating group) is 1. The number of benzene rings is 1. The summed E-state index contributed by atoms with van der Waals surface area (Å²) in [4.78, 5) is 2.28. The Labute approximate surface area is 91.2 Å². The van der Waals surface area contributed by atoms with Gasteiger partial charge in [0.1, 0.15) is 12.4 Å². The fourth-order valence-corrected chi connectivity index (χ4v) is 1.74. The predicted molar refractivity (Wildman–Crippen MR) is 62.2 cm³/mol. The maximum absolute atomic E-state index is 5.80. The van der Waals surface area contributed by atoms with Gasteiger partial charge in [0, 0.05) is 6.54 Å². The Kier molecular flexibility index (Phi) is 3.07. The van der Waals surface area contributed by atoms with E-state index in [0.717, 1.165) is 18.9 Å². The number of nitrogens with zero attached hydrogens (tertiary/aromatic N) is 1. The van der Waals surface area contributed by atoms with Crippen molar-refractivity contribution in [1.29, 1.82) is 0 Å². The highest BCUT2D eigenvalue weighted by atomic mass is 16.5. The maximum atomic E-state index is 5.80. The average molecular weight is 203 g/mol. The van der Waals surface area contributed by atoms with Crippen LogP contribution >= 0.6 is 0 Å². The Morgan fingerprint density at radius 1 is 1.40 bits per heavy atom. The molecule has 0 radical (unpaired) electrons. The molecule has 2 nitrogen and oxygen atoms in total. The second kappa shape index (κ2) is 4.49. The van der Waals surface area contributed by atoms with E-state index in [1.807, 2.05) is 18.2 Å². The van der Waals surface area contributed by atoms with Gasteiger partial charge in [-0.05, 0) is 25.6 Å². The minimum atomic E-state index is 0.421. The first-order valence-electron chi connectivity index (χ1n) is 5.32. The first kappa shape index (κ1) is 10.2. The zero-order valence-corrected chi connectivity index (χ0v) is 9.31. The van der Waals surface area contributed by atoms with E-state index in [-0.39, 0.29) is 0 Å². The van der Waals surface area contributed by atoms with Crippen LogP contribution in [0.5, 0.6) is 5.75 Å². The van der Waals surface area contributed by atoms with Crippen LogP contribution in [-0.2, 0) is 0 Å². The van der Waals surface area contributed by atoms with Crippen LogP contribution in [0.15, 0.2) is 36.4 Å².